The first kappa shape index (κ1) is 36.2. The fraction of sp³-hybridized carbons (Fsp3) is 0.263. The molecule has 0 aromatic heterocycles. The fourth-order valence-electron chi connectivity index (χ4n) is 4.90. The number of carbonyl (C=O) groups excluding carboxylic acids is 4. The summed E-state index contributed by atoms with van der Waals surface area (Å²) in [4.78, 5) is 52.6. The molecule has 4 N–H and O–H groups in total. The van der Waals surface area contributed by atoms with Crippen molar-refractivity contribution in [2.24, 2.45) is 0 Å². The highest BCUT2D eigenvalue weighted by Gasteiger charge is 2.32. The molecule has 0 aliphatic heterocycles. The van der Waals surface area contributed by atoms with Crippen molar-refractivity contribution < 1.29 is 38.5 Å². The molecule has 0 aliphatic carbocycles. The van der Waals surface area contributed by atoms with Crippen LogP contribution in [-0.2, 0) is 49.9 Å². The molecule has 0 radical (unpaired) electrons. The maximum atomic E-state index is 13.8. The van der Waals surface area contributed by atoms with E-state index in [1.54, 1.807) is 36.4 Å². The van der Waals surface area contributed by atoms with Crippen LogP contribution >= 0.6 is 0 Å². The molecule has 11 nitrogen and oxygen atoms in total. The number of benzene rings is 4. The molecular formula is C38H41N3O8. The van der Waals surface area contributed by atoms with E-state index in [1.165, 1.54) is 6.92 Å². The van der Waals surface area contributed by atoms with Crippen LogP contribution < -0.4 is 20.7 Å². The van der Waals surface area contributed by atoms with Gasteiger partial charge in [0.05, 0.1) is 13.2 Å². The van der Waals surface area contributed by atoms with E-state index in [1.807, 2.05) is 78.9 Å². The molecule has 0 saturated heterocycles. The quantitative estimate of drug-likeness (QED) is 0.132. The van der Waals surface area contributed by atoms with E-state index >= 15 is 0 Å². The Morgan fingerprint density at radius 2 is 1.08 bits per heavy atom. The second-order valence-electron chi connectivity index (χ2n) is 11.4. The summed E-state index contributed by atoms with van der Waals surface area (Å²) in [6.07, 6.45) is -1.97. The van der Waals surface area contributed by atoms with Crippen molar-refractivity contribution in [2.45, 2.75) is 57.2 Å². The van der Waals surface area contributed by atoms with Crippen molar-refractivity contribution in [3.8, 4) is 5.75 Å². The van der Waals surface area contributed by atoms with Gasteiger partial charge in [0, 0.05) is 12.8 Å². The van der Waals surface area contributed by atoms with E-state index < -0.39 is 48.1 Å². The molecule has 4 aromatic carbocycles. The molecule has 256 valence electrons. The lowest BCUT2D eigenvalue weighted by molar-refractivity contribution is -0.148. The Morgan fingerprint density at radius 3 is 1.61 bits per heavy atom. The molecule has 3 amide bonds. The van der Waals surface area contributed by atoms with Crippen molar-refractivity contribution in [1.29, 1.82) is 0 Å². The third kappa shape index (κ3) is 11.8. The first-order valence-corrected chi connectivity index (χ1v) is 15.8. The number of amides is 3. The van der Waals surface area contributed by atoms with Crippen LogP contribution in [0.3, 0.4) is 0 Å². The number of carbonyl (C=O) groups is 4. The molecule has 4 rings (SSSR count). The largest absolute Gasteiger partial charge is 0.489 e. The Morgan fingerprint density at radius 1 is 0.612 bits per heavy atom. The molecule has 0 spiro atoms. The monoisotopic (exact) mass is 667 g/mol. The Bertz CT molecular complexity index is 1630. The van der Waals surface area contributed by atoms with Crippen molar-refractivity contribution in [1.82, 2.24) is 16.0 Å². The summed E-state index contributed by atoms with van der Waals surface area (Å²) in [5, 5.41) is 18.1. The molecule has 4 atom stereocenters. The van der Waals surface area contributed by atoms with Crippen molar-refractivity contribution in [3.63, 3.8) is 0 Å². The van der Waals surface area contributed by atoms with Crippen LogP contribution in [0.4, 0.5) is 4.79 Å². The summed E-state index contributed by atoms with van der Waals surface area (Å²) < 4.78 is 16.0. The summed E-state index contributed by atoms with van der Waals surface area (Å²) in [6.45, 7) is 1.71. The van der Waals surface area contributed by atoms with Gasteiger partial charge in [-0.05, 0) is 41.3 Å². The van der Waals surface area contributed by atoms with Gasteiger partial charge in [-0.15, -0.1) is 0 Å². The van der Waals surface area contributed by atoms with E-state index in [2.05, 4.69) is 16.0 Å². The van der Waals surface area contributed by atoms with E-state index in [0.29, 0.717) is 17.9 Å². The smallest absolute Gasteiger partial charge is 0.408 e. The summed E-state index contributed by atoms with van der Waals surface area (Å²) in [5.41, 5.74) is 3.21. The summed E-state index contributed by atoms with van der Waals surface area (Å²) in [5.74, 6) is -1.63. The first-order chi connectivity index (χ1) is 23.7. The summed E-state index contributed by atoms with van der Waals surface area (Å²) in [7, 11) is 1.14. The number of rotatable bonds is 16. The van der Waals surface area contributed by atoms with Gasteiger partial charge in [-0.2, -0.15) is 0 Å². The SMILES string of the molecule is COC(=O)[C@H](NC(=O)[C@H](Cc1ccc(OCc2ccccc2)cc1)NC(=O)[C@@H](Cc1ccccc1)NC(=O)OCc1ccccc1)[C@@H](C)O. The van der Waals surface area contributed by atoms with Gasteiger partial charge in [0.25, 0.3) is 0 Å². The minimum absolute atomic E-state index is 0.00327. The molecule has 4 aromatic rings. The Labute approximate surface area is 285 Å². The molecule has 0 aliphatic rings. The van der Waals surface area contributed by atoms with Gasteiger partial charge in [-0.1, -0.05) is 103 Å². The number of methoxy groups -OCH3 is 1. The molecule has 0 unspecified atom stereocenters. The molecule has 49 heavy (non-hydrogen) atoms. The second kappa shape index (κ2) is 18.6. The predicted octanol–water partition coefficient (Wildman–Crippen LogP) is 3.87. The zero-order chi connectivity index (χ0) is 35.0. The number of esters is 1. The highest BCUT2D eigenvalue weighted by molar-refractivity contribution is 5.93. The number of hydrogen-bond donors (Lipinski definition) is 4. The van der Waals surface area contributed by atoms with Gasteiger partial charge in [0.15, 0.2) is 6.04 Å². The van der Waals surface area contributed by atoms with Crippen molar-refractivity contribution in [2.75, 3.05) is 7.11 Å². The number of ether oxygens (including phenoxy) is 3. The fourth-order valence-corrected chi connectivity index (χ4v) is 4.90. The number of alkyl carbamates (subject to hydrolysis) is 1. The Balaban J connectivity index is 1.51. The highest BCUT2D eigenvalue weighted by Crippen LogP contribution is 2.16. The molecule has 0 fully saturated rings. The van der Waals surface area contributed by atoms with Crippen LogP contribution in [0, 0.1) is 0 Å². The van der Waals surface area contributed by atoms with Crippen LogP contribution in [0.1, 0.15) is 29.2 Å². The normalized spacial score (nSPS) is 13.1. The zero-order valence-corrected chi connectivity index (χ0v) is 27.4. The molecule has 0 bridgehead atoms. The Hall–Kier alpha value is -5.68. The van der Waals surface area contributed by atoms with Gasteiger partial charge in [-0.3, -0.25) is 9.59 Å². The second-order valence-corrected chi connectivity index (χ2v) is 11.4. The summed E-state index contributed by atoms with van der Waals surface area (Å²) >= 11 is 0. The average molecular weight is 668 g/mol. The van der Waals surface area contributed by atoms with Gasteiger partial charge < -0.3 is 35.3 Å². The third-order valence-electron chi connectivity index (χ3n) is 7.58. The molecule has 0 heterocycles. The van der Waals surface area contributed by atoms with Gasteiger partial charge in [0.1, 0.15) is 31.0 Å². The van der Waals surface area contributed by atoms with Crippen molar-refractivity contribution >= 4 is 23.9 Å². The lowest BCUT2D eigenvalue weighted by atomic mass is 10.0. The van der Waals surface area contributed by atoms with Crippen LogP contribution in [0.2, 0.25) is 0 Å². The molecule has 0 saturated carbocycles. The third-order valence-corrected chi connectivity index (χ3v) is 7.58. The van der Waals surface area contributed by atoms with Gasteiger partial charge >= 0.3 is 12.1 Å². The van der Waals surface area contributed by atoms with Crippen LogP contribution in [0.15, 0.2) is 115 Å². The number of aliphatic hydroxyl groups is 1. The van der Waals surface area contributed by atoms with E-state index in [-0.39, 0.29) is 19.4 Å². The lowest BCUT2D eigenvalue weighted by Crippen LogP contribution is -2.58. The highest BCUT2D eigenvalue weighted by atomic mass is 16.5. The molecular weight excluding hydrogens is 626 g/mol. The van der Waals surface area contributed by atoms with Crippen LogP contribution in [0.25, 0.3) is 0 Å². The number of hydrogen-bond acceptors (Lipinski definition) is 8. The number of aliphatic hydroxyl groups excluding tert-OH is 1. The first-order valence-electron chi connectivity index (χ1n) is 15.8. The minimum atomic E-state index is -1.38. The summed E-state index contributed by atoms with van der Waals surface area (Å²) in [6, 6.07) is 31.2. The lowest BCUT2D eigenvalue weighted by Gasteiger charge is -2.26. The molecule has 11 heteroatoms. The zero-order valence-electron chi connectivity index (χ0n) is 27.4. The maximum absolute atomic E-state index is 13.8. The van der Waals surface area contributed by atoms with Gasteiger partial charge in [-0.25, -0.2) is 9.59 Å². The van der Waals surface area contributed by atoms with Crippen LogP contribution in [-0.4, -0.2) is 60.3 Å². The topological polar surface area (TPSA) is 152 Å². The predicted molar refractivity (Wildman–Crippen MR) is 182 cm³/mol. The standard InChI is InChI=1S/C38H41N3O8/c1-26(42)34(37(45)47-2)41-36(44)32(23-28-18-20-31(21-19-28)48-24-29-14-8-4-9-15-29)39-35(43)33(22-27-12-6-3-7-13-27)40-38(46)49-25-30-16-10-5-11-17-30/h3-21,26,32-34,42H,22-25H2,1-2H3,(H,39,43)(H,40,46)(H,41,44)/t26-,32+,33-,34-/m1/s1. The Kier molecular flexibility index (Phi) is 13.7. The maximum Gasteiger partial charge on any atom is 0.408 e. The van der Waals surface area contributed by atoms with E-state index in [0.717, 1.165) is 23.8 Å². The minimum Gasteiger partial charge on any atom is -0.489 e. The average Bonchev–Trinajstić information content (AvgIpc) is 3.12. The van der Waals surface area contributed by atoms with Gasteiger partial charge in [0.2, 0.25) is 11.8 Å². The van der Waals surface area contributed by atoms with E-state index in [4.69, 9.17) is 14.2 Å². The number of nitrogens with one attached hydrogen (secondary N) is 3. The van der Waals surface area contributed by atoms with Crippen molar-refractivity contribution in [3.05, 3.63) is 138 Å². The van der Waals surface area contributed by atoms with Crippen LogP contribution in [0.5, 0.6) is 5.75 Å². The van der Waals surface area contributed by atoms with E-state index in [9.17, 15) is 24.3 Å².